The molecule has 0 aliphatic rings. The van der Waals surface area contributed by atoms with Crippen molar-refractivity contribution in [3.63, 3.8) is 0 Å². The summed E-state index contributed by atoms with van der Waals surface area (Å²) in [5.41, 5.74) is -0.0624. The van der Waals surface area contributed by atoms with Gasteiger partial charge in [0, 0.05) is 5.56 Å². The molecule has 0 N–H and O–H groups in total. The van der Waals surface area contributed by atoms with Crippen molar-refractivity contribution in [3.8, 4) is 11.5 Å². The Morgan fingerprint density at radius 1 is 1.15 bits per heavy atom. The van der Waals surface area contributed by atoms with Gasteiger partial charge in [-0.25, -0.2) is 4.79 Å². The lowest BCUT2D eigenvalue weighted by Gasteiger charge is -2.14. The van der Waals surface area contributed by atoms with Gasteiger partial charge in [0.25, 0.3) is 5.56 Å². The van der Waals surface area contributed by atoms with E-state index in [1.807, 2.05) is 0 Å². The SMILES string of the molecule is COc1ccc(C=O)c(C(=O)OCn2nnc3ccccc3c2=O)c1OC. The minimum Gasteiger partial charge on any atom is -0.493 e. The number of methoxy groups -OCH3 is 2. The van der Waals surface area contributed by atoms with Crippen LogP contribution in [0.3, 0.4) is 0 Å². The molecule has 0 amide bonds. The molecule has 0 saturated heterocycles. The highest BCUT2D eigenvalue weighted by Crippen LogP contribution is 2.33. The van der Waals surface area contributed by atoms with Crippen LogP contribution in [0.15, 0.2) is 41.2 Å². The molecule has 0 spiro atoms. The fraction of sp³-hybridized carbons (Fsp3) is 0.167. The van der Waals surface area contributed by atoms with Gasteiger partial charge < -0.3 is 14.2 Å². The first kappa shape index (κ1) is 18.1. The molecule has 3 rings (SSSR count). The van der Waals surface area contributed by atoms with Crippen LogP contribution in [0, 0.1) is 0 Å². The zero-order valence-corrected chi connectivity index (χ0v) is 14.5. The van der Waals surface area contributed by atoms with Gasteiger partial charge in [-0.05, 0) is 24.3 Å². The van der Waals surface area contributed by atoms with Gasteiger partial charge in [-0.2, -0.15) is 4.68 Å². The topological polar surface area (TPSA) is 110 Å². The Kier molecular flexibility index (Phi) is 5.11. The molecule has 27 heavy (non-hydrogen) atoms. The van der Waals surface area contributed by atoms with E-state index in [-0.39, 0.29) is 22.6 Å². The van der Waals surface area contributed by atoms with Crippen molar-refractivity contribution < 1.29 is 23.8 Å². The summed E-state index contributed by atoms with van der Waals surface area (Å²) in [6.07, 6.45) is 0.501. The third kappa shape index (κ3) is 3.34. The van der Waals surface area contributed by atoms with Crippen LogP contribution in [-0.2, 0) is 11.5 Å². The maximum atomic E-state index is 12.5. The maximum Gasteiger partial charge on any atom is 0.344 e. The second-order valence-corrected chi connectivity index (χ2v) is 5.36. The Balaban J connectivity index is 1.92. The van der Waals surface area contributed by atoms with E-state index in [0.29, 0.717) is 17.2 Å². The molecule has 138 valence electrons. The number of hydrogen-bond donors (Lipinski definition) is 0. The molecule has 0 fully saturated rings. The Labute approximate surface area is 153 Å². The van der Waals surface area contributed by atoms with Crippen LogP contribution in [0.2, 0.25) is 0 Å². The fourth-order valence-electron chi connectivity index (χ4n) is 2.55. The fourth-order valence-corrected chi connectivity index (χ4v) is 2.55. The van der Waals surface area contributed by atoms with E-state index in [9.17, 15) is 14.4 Å². The number of ether oxygens (including phenoxy) is 3. The Bertz CT molecular complexity index is 1080. The molecule has 1 heterocycles. The van der Waals surface area contributed by atoms with Crippen molar-refractivity contribution in [3.05, 3.63) is 57.9 Å². The van der Waals surface area contributed by atoms with E-state index in [1.165, 1.54) is 26.4 Å². The van der Waals surface area contributed by atoms with Crippen molar-refractivity contribution in [2.24, 2.45) is 0 Å². The maximum absolute atomic E-state index is 12.5. The average molecular weight is 369 g/mol. The molecular formula is C18H15N3O6. The summed E-state index contributed by atoms with van der Waals surface area (Å²) < 4.78 is 16.4. The minimum absolute atomic E-state index is 0.0593. The quantitative estimate of drug-likeness (QED) is 0.474. The van der Waals surface area contributed by atoms with Crippen molar-refractivity contribution in [2.45, 2.75) is 6.73 Å². The summed E-state index contributed by atoms with van der Waals surface area (Å²) in [5, 5.41) is 7.99. The minimum atomic E-state index is -0.866. The third-order valence-electron chi connectivity index (χ3n) is 3.86. The van der Waals surface area contributed by atoms with Crippen molar-refractivity contribution in [2.75, 3.05) is 14.2 Å². The number of fused-ring (bicyclic) bond motifs is 1. The number of rotatable bonds is 6. The smallest absolute Gasteiger partial charge is 0.344 e. The van der Waals surface area contributed by atoms with Gasteiger partial charge in [-0.15, -0.1) is 5.10 Å². The predicted octanol–water partition coefficient (Wildman–Crippen LogP) is 1.44. The first-order valence-corrected chi connectivity index (χ1v) is 7.80. The predicted molar refractivity (Wildman–Crippen MR) is 94.1 cm³/mol. The van der Waals surface area contributed by atoms with Crippen molar-refractivity contribution in [1.82, 2.24) is 15.0 Å². The summed E-state index contributed by atoms with van der Waals surface area (Å²) in [4.78, 5) is 36.2. The average Bonchev–Trinajstić information content (AvgIpc) is 2.71. The van der Waals surface area contributed by atoms with Crippen LogP contribution in [0.1, 0.15) is 20.7 Å². The number of aromatic nitrogens is 3. The number of aldehydes is 1. The van der Waals surface area contributed by atoms with Gasteiger partial charge in [0.05, 0.1) is 19.6 Å². The van der Waals surface area contributed by atoms with Gasteiger partial charge in [0.15, 0.2) is 24.5 Å². The molecule has 0 aliphatic heterocycles. The van der Waals surface area contributed by atoms with Crippen LogP contribution in [0.25, 0.3) is 10.9 Å². The molecule has 0 unspecified atom stereocenters. The normalized spacial score (nSPS) is 10.4. The van der Waals surface area contributed by atoms with Crippen molar-refractivity contribution in [1.29, 1.82) is 0 Å². The second-order valence-electron chi connectivity index (χ2n) is 5.36. The first-order chi connectivity index (χ1) is 13.1. The Morgan fingerprint density at radius 2 is 1.93 bits per heavy atom. The molecule has 1 aromatic heterocycles. The highest BCUT2D eigenvalue weighted by atomic mass is 16.5. The molecule has 3 aromatic rings. The molecule has 9 nitrogen and oxygen atoms in total. The van der Waals surface area contributed by atoms with Crippen LogP contribution in [-0.4, -0.2) is 41.5 Å². The number of nitrogens with zero attached hydrogens (tertiary/aromatic N) is 3. The summed E-state index contributed by atoms with van der Waals surface area (Å²) >= 11 is 0. The van der Waals surface area contributed by atoms with E-state index in [2.05, 4.69) is 10.3 Å². The van der Waals surface area contributed by atoms with Crippen LogP contribution >= 0.6 is 0 Å². The van der Waals surface area contributed by atoms with E-state index in [0.717, 1.165) is 4.68 Å². The molecule has 0 aliphatic carbocycles. The van der Waals surface area contributed by atoms with Gasteiger partial charge in [0.2, 0.25) is 0 Å². The Hall–Kier alpha value is -3.75. The van der Waals surface area contributed by atoms with Crippen LogP contribution in [0.5, 0.6) is 11.5 Å². The van der Waals surface area contributed by atoms with E-state index < -0.39 is 18.3 Å². The van der Waals surface area contributed by atoms with Crippen LogP contribution in [0.4, 0.5) is 0 Å². The monoisotopic (exact) mass is 369 g/mol. The summed E-state index contributed by atoms with van der Waals surface area (Å²) in [6, 6.07) is 9.58. The van der Waals surface area contributed by atoms with E-state index in [1.54, 1.807) is 24.3 Å². The molecule has 9 heteroatoms. The molecule has 0 saturated carbocycles. The van der Waals surface area contributed by atoms with Gasteiger partial charge in [0.1, 0.15) is 11.1 Å². The van der Waals surface area contributed by atoms with Gasteiger partial charge >= 0.3 is 5.97 Å². The first-order valence-electron chi connectivity index (χ1n) is 7.80. The zero-order valence-electron chi connectivity index (χ0n) is 14.5. The standard InChI is InChI=1S/C18H15N3O6/c1-25-14-8-7-11(9-22)15(16(14)26-2)18(24)27-10-21-17(23)12-5-3-4-6-13(12)19-20-21/h3-9H,10H2,1-2H3. The van der Waals surface area contributed by atoms with Crippen molar-refractivity contribution >= 4 is 23.2 Å². The number of carbonyl (C=O) groups excluding carboxylic acids is 2. The summed E-state index contributed by atoms with van der Waals surface area (Å²) in [7, 11) is 2.74. The number of benzene rings is 2. The molecule has 0 atom stereocenters. The molecule has 0 radical (unpaired) electrons. The molecular weight excluding hydrogens is 354 g/mol. The highest BCUT2D eigenvalue weighted by molar-refractivity contribution is 6.01. The largest absolute Gasteiger partial charge is 0.493 e. The van der Waals surface area contributed by atoms with E-state index >= 15 is 0 Å². The van der Waals surface area contributed by atoms with Gasteiger partial charge in [-0.1, -0.05) is 17.3 Å². The zero-order chi connectivity index (χ0) is 19.4. The molecule has 0 bridgehead atoms. The summed E-state index contributed by atoms with van der Waals surface area (Å²) in [6.45, 7) is -0.478. The number of hydrogen-bond acceptors (Lipinski definition) is 8. The lowest BCUT2D eigenvalue weighted by Crippen LogP contribution is -2.27. The van der Waals surface area contributed by atoms with Gasteiger partial charge in [-0.3, -0.25) is 9.59 Å². The number of carbonyl (C=O) groups is 2. The van der Waals surface area contributed by atoms with Crippen LogP contribution < -0.4 is 15.0 Å². The summed E-state index contributed by atoms with van der Waals surface area (Å²) in [5.74, 6) is -0.545. The lowest BCUT2D eigenvalue weighted by molar-refractivity contribution is 0.0330. The molecule has 2 aromatic carbocycles. The lowest BCUT2D eigenvalue weighted by atomic mass is 10.1. The van der Waals surface area contributed by atoms with E-state index in [4.69, 9.17) is 14.2 Å². The third-order valence-corrected chi connectivity index (χ3v) is 3.86. The number of esters is 1. The second kappa shape index (κ2) is 7.65. The highest BCUT2D eigenvalue weighted by Gasteiger charge is 2.23. The Morgan fingerprint density at radius 3 is 2.63 bits per heavy atom.